The minimum absolute atomic E-state index is 0.518. The van der Waals surface area contributed by atoms with Gasteiger partial charge in [-0.1, -0.05) is 163 Å². The molecule has 1 aromatic heterocycles. The monoisotopic (exact) mass is 859 g/mol. The molecule has 308 valence electrons. The number of rotatable bonds is 3. The number of hydrogen-bond donors (Lipinski definition) is 0. The van der Waals surface area contributed by atoms with Gasteiger partial charge < -0.3 is 14.1 Å². The summed E-state index contributed by atoms with van der Waals surface area (Å²) in [5.41, 5.74) is 18.9. The Labute approximate surface area is 386 Å². The van der Waals surface area contributed by atoms with E-state index in [1.165, 1.54) is 65.4 Å². The van der Waals surface area contributed by atoms with Crippen molar-refractivity contribution in [3.63, 3.8) is 0 Å². The van der Waals surface area contributed by atoms with E-state index in [4.69, 9.17) is 9.15 Å². The second-order valence-corrected chi connectivity index (χ2v) is 18.9. The summed E-state index contributed by atoms with van der Waals surface area (Å²) in [6.45, 7) is 0. The molecule has 4 aliphatic rings. The van der Waals surface area contributed by atoms with E-state index >= 15 is 0 Å². The van der Waals surface area contributed by atoms with Crippen LogP contribution >= 0.6 is 11.8 Å². The van der Waals surface area contributed by atoms with Gasteiger partial charge >= 0.3 is 0 Å². The van der Waals surface area contributed by atoms with Crippen LogP contribution in [0.4, 0.5) is 17.1 Å². The molecule has 0 atom stereocenters. The fraction of sp³-hybridized carbons (Fsp3) is 0.0323. The van der Waals surface area contributed by atoms with E-state index < -0.39 is 10.8 Å². The van der Waals surface area contributed by atoms with Crippen molar-refractivity contribution in [1.82, 2.24) is 0 Å². The Balaban J connectivity index is 1.03. The van der Waals surface area contributed by atoms with E-state index in [1.807, 2.05) is 17.8 Å². The van der Waals surface area contributed by atoms with Gasteiger partial charge in [0.1, 0.15) is 22.7 Å². The molecule has 0 amide bonds. The summed E-state index contributed by atoms with van der Waals surface area (Å²) in [6, 6.07) is 82.7. The molecule has 0 fully saturated rings. The van der Waals surface area contributed by atoms with Gasteiger partial charge in [0, 0.05) is 48.8 Å². The van der Waals surface area contributed by atoms with Crippen LogP contribution in [0, 0.1) is 0 Å². The number of hydrogen-bond acceptors (Lipinski definition) is 4. The van der Waals surface area contributed by atoms with Gasteiger partial charge in [0.05, 0.1) is 10.8 Å². The lowest BCUT2D eigenvalue weighted by Gasteiger charge is -2.40. The zero-order valence-electron chi connectivity index (χ0n) is 35.5. The standard InChI is InChI=1S/C62H37NO2S/c1-4-18-47-41(15-1)43-32-29-39(36-53(43)61(47)49-20-6-11-25-57(49)65-58-26-12-7-21-50(58)61)63(38-31-34-56-46(35-38)45-17-3-10-24-55(45)64-56)40-30-33-44-42-16-2-5-19-48(42)62(54(44)37-40)51-22-8-13-27-59(51)66-60-28-14-9-23-52(60)62/h1-37H. The molecule has 0 unspecified atom stereocenters. The van der Waals surface area contributed by atoms with Gasteiger partial charge in [-0.15, -0.1) is 0 Å². The first kappa shape index (κ1) is 36.3. The van der Waals surface area contributed by atoms with Gasteiger partial charge in [-0.05, 0) is 128 Å². The highest BCUT2D eigenvalue weighted by molar-refractivity contribution is 7.99. The van der Waals surface area contributed by atoms with Crippen LogP contribution < -0.4 is 9.64 Å². The van der Waals surface area contributed by atoms with Crippen molar-refractivity contribution < 1.29 is 9.15 Å². The van der Waals surface area contributed by atoms with Crippen molar-refractivity contribution in [2.75, 3.05) is 4.90 Å². The quantitative estimate of drug-likeness (QED) is 0.177. The molecule has 2 aliphatic heterocycles. The van der Waals surface area contributed by atoms with Crippen molar-refractivity contribution in [3.05, 3.63) is 269 Å². The van der Waals surface area contributed by atoms with Gasteiger partial charge in [0.25, 0.3) is 0 Å². The molecule has 66 heavy (non-hydrogen) atoms. The second-order valence-electron chi connectivity index (χ2n) is 17.9. The number of fused-ring (bicyclic) bond motifs is 21. The number of ether oxygens (including phenoxy) is 1. The number of furan rings is 1. The summed E-state index contributed by atoms with van der Waals surface area (Å²) in [4.78, 5) is 5.06. The van der Waals surface area contributed by atoms with E-state index in [0.717, 1.165) is 61.6 Å². The van der Waals surface area contributed by atoms with Crippen LogP contribution in [-0.4, -0.2) is 0 Å². The Bertz CT molecular complexity index is 3590. The van der Waals surface area contributed by atoms with Gasteiger partial charge in [0.2, 0.25) is 0 Å². The third-order valence-electron chi connectivity index (χ3n) is 14.8. The summed E-state index contributed by atoms with van der Waals surface area (Å²) in [7, 11) is 0. The van der Waals surface area contributed by atoms with Crippen LogP contribution in [-0.2, 0) is 10.8 Å². The number of anilines is 3. The molecular formula is C62H37NO2S. The van der Waals surface area contributed by atoms with Crippen LogP contribution in [0.5, 0.6) is 11.5 Å². The molecule has 2 spiro atoms. The minimum Gasteiger partial charge on any atom is -0.457 e. The maximum Gasteiger partial charge on any atom is 0.135 e. The zero-order valence-corrected chi connectivity index (χ0v) is 36.4. The highest BCUT2D eigenvalue weighted by Gasteiger charge is 2.52. The van der Waals surface area contributed by atoms with Crippen LogP contribution in [0.25, 0.3) is 44.2 Å². The third-order valence-corrected chi connectivity index (χ3v) is 15.9. The van der Waals surface area contributed by atoms with Crippen molar-refractivity contribution in [2.24, 2.45) is 0 Å². The molecule has 15 rings (SSSR count). The van der Waals surface area contributed by atoms with Crippen LogP contribution in [0.3, 0.4) is 0 Å². The lowest BCUT2D eigenvalue weighted by atomic mass is 9.66. The molecular weight excluding hydrogens is 823 g/mol. The molecule has 0 saturated carbocycles. The van der Waals surface area contributed by atoms with E-state index in [1.54, 1.807) is 0 Å². The Morgan fingerprint density at radius 1 is 0.318 bits per heavy atom. The third kappa shape index (κ3) is 4.59. The van der Waals surface area contributed by atoms with E-state index in [2.05, 4.69) is 223 Å². The number of para-hydroxylation sites is 3. The first-order chi connectivity index (χ1) is 32.7. The predicted octanol–water partition coefficient (Wildman–Crippen LogP) is 16.4. The van der Waals surface area contributed by atoms with E-state index in [-0.39, 0.29) is 0 Å². The van der Waals surface area contributed by atoms with Crippen molar-refractivity contribution in [3.8, 4) is 33.8 Å². The Hall–Kier alpha value is -8.05. The smallest absolute Gasteiger partial charge is 0.135 e. The molecule has 10 aromatic carbocycles. The van der Waals surface area contributed by atoms with Gasteiger partial charge in [-0.3, -0.25) is 0 Å². The van der Waals surface area contributed by atoms with Crippen molar-refractivity contribution in [1.29, 1.82) is 0 Å². The first-order valence-corrected chi connectivity index (χ1v) is 23.5. The Morgan fingerprint density at radius 3 is 1.35 bits per heavy atom. The summed E-state index contributed by atoms with van der Waals surface area (Å²) >= 11 is 1.88. The zero-order chi connectivity index (χ0) is 43.1. The highest BCUT2D eigenvalue weighted by atomic mass is 32.2. The van der Waals surface area contributed by atoms with E-state index in [9.17, 15) is 0 Å². The van der Waals surface area contributed by atoms with Crippen LogP contribution in [0.1, 0.15) is 44.5 Å². The lowest BCUT2D eigenvalue weighted by molar-refractivity contribution is 0.436. The molecule has 4 heteroatoms. The topological polar surface area (TPSA) is 25.6 Å². The summed E-state index contributed by atoms with van der Waals surface area (Å²) in [5.74, 6) is 1.76. The molecule has 0 radical (unpaired) electrons. The summed E-state index contributed by atoms with van der Waals surface area (Å²) in [5, 5.41) is 2.19. The van der Waals surface area contributed by atoms with Crippen LogP contribution in [0.2, 0.25) is 0 Å². The molecule has 11 aromatic rings. The molecule has 3 nitrogen and oxygen atoms in total. The maximum atomic E-state index is 6.73. The number of nitrogens with zero attached hydrogens (tertiary/aromatic N) is 1. The van der Waals surface area contributed by atoms with Crippen LogP contribution in [0.15, 0.2) is 239 Å². The minimum atomic E-state index is -0.611. The second kappa shape index (κ2) is 13.3. The fourth-order valence-corrected chi connectivity index (χ4v) is 13.5. The Morgan fingerprint density at radius 2 is 0.742 bits per heavy atom. The van der Waals surface area contributed by atoms with E-state index in [0.29, 0.717) is 0 Å². The molecule has 2 aliphatic carbocycles. The Kier molecular flexibility index (Phi) is 7.29. The van der Waals surface area contributed by atoms with Crippen molar-refractivity contribution in [2.45, 2.75) is 20.6 Å². The SMILES string of the molecule is c1ccc2c(c1)Oc1ccccc1C21c2ccccc2-c2ccc(N(c3ccc4c(c3)C3(c5ccccc5Sc5ccccc53)c3ccccc3-4)c3ccc4oc5ccccc5c4c3)cc21. The summed E-state index contributed by atoms with van der Waals surface area (Å²) in [6.07, 6.45) is 0. The summed E-state index contributed by atoms with van der Waals surface area (Å²) < 4.78 is 13.2. The van der Waals surface area contributed by atoms with Gasteiger partial charge in [-0.25, -0.2) is 0 Å². The normalized spacial score (nSPS) is 14.7. The average Bonchev–Trinajstić information content (AvgIpc) is 3.99. The largest absolute Gasteiger partial charge is 0.457 e. The molecule has 0 saturated heterocycles. The molecule has 3 heterocycles. The molecule has 0 bridgehead atoms. The lowest BCUT2D eigenvalue weighted by Crippen LogP contribution is -2.32. The molecule has 0 N–H and O–H groups in total. The maximum absolute atomic E-state index is 6.73. The van der Waals surface area contributed by atoms with Gasteiger partial charge in [0.15, 0.2) is 0 Å². The highest BCUT2D eigenvalue weighted by Crippen LogP contribution is 2.65. The number of benzene rings is 10. The predicted molar refractivity (Wildman–Crippen MR) is 267 cm³/mol. The van der Waals surface area contributed by atoms with Crippen molar-refractivity contribution >= 4 is 50.8 Å². The first-order valence-electron chi connectivity index (χ1n) is 22.7. The fourth-order valence-electron chi connectivity index (χ4n) is 12.3. The average molecular weight is 860 g/mol. The van der Waals surface area contributed by atoms with Gasteiger partial charge in [-0.2, -0.15) is 0 Å².